The van der Waals surface area contributed by atoms with E-state index in [-0.39, 0.29) is 0 Å². The standard InChI is InChI=1S/C12H25NO/c1-3-5-9-12(4-2)14-13-10-7-6-8-11-13/h12H,3-11H2,1-2H3. The second-order valence-corrected chi connectivity index (χ2v) is 4.27. The topological polar surface area (TPSA) is 12.5 Å². The molecule has 0 aromatic carbocycles. The molecule has 14 heavy (non-hydrogen) atoms. The van der Waals surface area contributed by atoms with Gasteiger partial charge in [0.1, 0.15) is 0 Å². The van der Waals surface area contributed by atoms with Gasteiger partial charge in [0, 0.05) is 13.1 Å². The van der Waals surface area contributed by atoms with Crippen LogP contribution in [0.3, 0.4) is 0 Å². The van der Waals surface area contributed by atoms with Crippen molar-refractivity contribution in [1.29, 1.82) is 0 Å². The zero-order valence-corrected chi connectivity index (χ0v) is 9.80. The highest BCUT2D eigenvalue weighted by atomic mass is 16.7. The van der Waals surface area contributed by atoms with Gasteiger partial charge in [-0.1, -0.05) is 33.1 Å². The normalized spacial score (nSPS) is 21.0. The van der Waals surface area contributed by atoms with Crippen molar-refractivity contribution in [3.63, 3.8) is 0 Å². The molecule has 0 N–H and O–H groups in total. The van der Waals surface area contributed by atoms with Gasteiger partial charge in [-0.15, -0.1) is 0 Å². The molecule has 1 heterocycles. The van der Waals surface area contributed by atoms with Gasteiger partial charge >= 0.3 is 0 Å². The molecule has 1 rings (SSSR count). The summed E-state index contributed by atoms with van der Waals surface area (Å²) < 4.78 is 0. The number of hydroxylamine groups is 2. The first-order valence-electron chi connectivity index (χ1n) is 6.28. The van der Waals surface area contributed by atoms with Crippen LogP contribution in [0.5, 0.6) is 0 Å². The summed E-state index contributed by atoms with van der Waals surface area (Å²) in [4.78, 5) is 5.98. The fraction of sp³-hybridized carbons (Fsp3) is 1.00. The first-order valence-corrected chi connectivity index (χ1v) is 6.28. The molecule has 84 valence electrons. The van der Waals surface area contributed by atoms with Gasteiger partial charge in [-0.25, -0.2) is 0 Å². The predicted molar refractivity (Wildman–Crippen MR) is 60.1 cm³/mol. The maximum absolute atomic E-state index is 5.98. The van der Waals surface area contributed by atoms with E-state index in [1.807, 2.05) is 0 Å². The van der Waals surface area contributed by atoms with Crippen LogP contribution in [0.1, 0.15) is 58.8 Å². The van der Waals surface area contributed by atoms with Crippen molar-refractivity contribution >= 4 is 0 Å². The van der Waals surface area contributed by atoms with E-state index in [0.29, 0.717) is 6.10 Å². The first kappa shape index (κ1) is 12.0. The highest BCUT2D eigenvalue weighted by molar-refractivity contribution is 4.60. The maximum Gasteiger partial charge on any atom is 0.0790 e. The van der Waals surface area contributed by atoms with Crippen LogP contribution in [0.4, 0.5) is 0 Å². The third-order valence-electron chi connectivity index (χ3n) is 2.95. The predicted octanol–water partition coefficient (Wildman–Crippen LogP) is 3.37. The number of hydrogen-bond acceptors (Lipinski definition) is 2. The summed E-state index contributed by atoms with van der Waals surface area (Å²) in [5, 5.41) is 2.19. The summed E-state index contributed by atoms with van der Waals surface area (Å²) in [6.45, 7) is 6.75. The third kappa shape index (κ3) is 4.43. The lowest BCUT2D eigenvalue weighted by Crippen LogP contribution is -2.34. The van der Waals surface area contributed by atoms with Gasteiger partial charge in [-0.2, -0.15) is 5.06 Å². The summed E-state index contributed by atoms with van der Waals surface area (Å²) in [5.74, 6) is 0. The Morgan fingerprint density at radius 2 is 1.86 bits per heavy atom. The van der Waals surface area contributed by atoms with Crippen LogP contribution in [0, 0.1) is 0 Å². The molecule has 0 bridgehead atoms. The number of unbranched alkanes of at least 4 members (excludes halogenated alkanes) is 1. The monoisotopic (exact) mass is 199 g/mol. The molecular formula is C12H25NO. The Hall–Kier alpha value is -0.0800. The van der Waals surface area contributed by atoms with Crippen LogP contribution in [0.15, 0.2) is 0 Å². The minimum Gasteiger partial charge on any atom is -0.296 e. The number of nitrogens with zero attached hydrogens (tertiary/aromatic N) is 1. The fourth-order valence-corrected chi connectivity index (χ4v) is 1.94. The van der Waals surface area contributed by atoms with Crippen LogP contribution < -0.4 is 0 Å². The van der Waals surface area contributed by atoms with Crippen LogP contribution in [-0.2, 0) is 4.84 Å². The van der Waals surface area contributed by atoms with E-state index in [2.05, 4.69) is 18.9 Å². The van der Waals surface area contributed by atoms with Crippen molar-refractivity contribution in [2.75, 3.05) is 13.1 Å². The molecule has 0 aromatic rings. The minimum atomic E-state index is 0.466. The molecule has 0 spiro atoms. The number of hydrogen-bond donors (Lipinski definition) is 0. The molecule has 0 amide bonds. The van der Waals surface area contributed by atoms with Gasteiger partial charge < -0.3 is 0 Å². The molecule has 0 saturated carbocycles. The van der Waals surface area contributed by atoms with Crippen LogP contribution >= 0.6 is 0 Å². The van der Waals surface area contributed by atoms with E-state index >= 15 is 0 Å². The first-order chi connectivity index (χ1) is 6.86. The van der Waals surface area contributed by atoms with Crippen molar-refractivity contribution < 1.29 is 4.84 Å². The van der Waals surface area contributed by atoms with Gasteiger partial charge in [0.15, 0.2) is 0 Å². The zero-order chi connectivity index (χ0) is 10.2. The fourth-order valence-electron chi connectivity index (χ4n) is 1.94. The second kappa shape index (κ2) is 7.24. The van der Waals surface area contributed by atoms with Crippen molar-refractivity contribution in [3.8, 4) is 0 Å². The molecule has 1 aliphatic rings. The molecular weight excluding hydrogens is 174 g/mol. The van der Waals surface area contributed by atoms with E-state index in [9.17, 15) is 0 Å². The number of piperidine rings is 1. The molecule has 1 aliphatic heterocycles. The van der Waals surface area contributed by atoms with Crippen molar-refractivity contribution in [2.45, 2.75) is 64.9 Å². The van der Waals surface area contributed by atoms with E-state index in [4.69, 9.17) is 4.84 Å². The Morgan fingerprint density at radius 3 is 2.43 bits per heavy atom. The Morgan fingerprint density at radius 1 is 1.14 bits per heavy atom. The summed E-state index contributed by atoms with van der Waals surface area (Å²) in [6.07, 6.45) is 9.42. The number of rotatable bonds is 6. The minimum absolute atomic E-state index is 0.466. The highest BCUT2D eigenvalue weighted by Crippen LogP contribution is 2.15. The largest absolute Gasteiger partial charge is 0.296 e. The Labute approximate surface area is 88.6 Å². The summed E-state index contributed by atoms with van der Waals surface area (Å²) in [6, 6.07) is 0. The average Bonchev–Trinajstić information content (AvgIpc) is 2.25. The van der Waals surface area contributed by atoms with Crippen LogP contribution in [0.25, 0.3) is 0 Å². The Bertz CT molecular complexity index is 132. The van der Waals surface area contributed by atoms with Gasteiger partial charge in [0.2, 0.25) is 0 Å². The second-order valence-electron chi connectivity index (χ2n) is 4.27. The van der Waals surface area contributed by atoms with Crippen LogP contribution in [-0.4, -0.2) is 24.3 Å². The van der Waals surface area contributed by atoms with Gasteiger partial charge in [0.05, 0.1) is 6.10 Å². The lowest BCUT2D eigenvalue weighted by Gasteiger charge is -2.29. The van der Waals surface area contributed by atoms with E-state index < -0.39 is 0 Å². The molecule has 0 aliphatic carbocycles. The van der Waals surface area contributed by atoms with Crippen LogP contribution in [0.2, 0.25) is 0 Å². The lowest BCUT2D eigenvalue weighted by molar-refractivity contribution is -0.208. The lowest BCUT2D eigenvalue weighted by atomic mass is 10.1. The van der Waals surface area contributed by atoms with Crippen molar-refractivity contribution in [2.24, 2.45) is 0 Å². The van der Waals surface area contributed by atoms with Gasteiger partial charge in [-0.3, -0.25) is 4.84 Å². The third-order valence-corrected chi connectivity index (χ3v) is 2.95. The average molecular weight is 199 g/mol. The maximum atomic E-state index is 5.98. The summed E-state index contributed by atoms with van der Waals surface area (Å²) in [5.41, 5.74) is 0. The van der Waals surface area contributed by atoms with Crippen molar-refractivity contribution in [1.82, 2.24) is 5.06 Å². The molecule has 1 saturated heterocycles. The van der Waals surface area contributed by atoms with E-state index in [0.717, 1.165) is 19.5 Å². The van der Waals surface area contributed by atoms with Crippen molar-refractivity contribution in [3.05, 3.63) is 0 Å². The highest BCUT2D eigenvalue weighted by Gasteiger charge is 2.15. The molecule has 2 heteroatoms. The molecule has 1 unspecified atom stereocenters. The summed E-state index contributed by atoms with van der Waals surface area (Å²) in [7, 11) is 0. The molecule has 2 nitrogen and oxygen atoms in total. The van der Waals surface area contributed by atoms with Gasteiger partial charge in [-0.05, 0) is 25.7 Å². The zero-order valence-electron chi connectivity index (χ0n) is 9.80. The molecule has 0 radical (unpaired) electrons. The molecule has 0 aromatic heterocycles. The quantitative estimate of drug-likeness (QED) is 0.650. The SMILES string of the molecule is CCCCC(CC)ON1CCCCC1. The van der Waals surface area contributed by atoms with Gasteiger partial charge in [0.25, 0.3) is 0 Å². The Balaban J connectivity index is 2.16. The molecule has 1 fully saturated rings. The smallest absolute Gasteiger partial charge is 0.0790 e. The van der Waals surface area contributed by atoms with E-state index in [1.165, 1.54) is 38.5 Å². The van der Waals surface area contributed by atoms with E-state index in [1.54, 1.807) is 0 Å². The molecule has 1 atom stereocenters. The Kier molecular flexibility index (Phi) is 6.20. The summed E-state index contributed by atoms with van der Waals surface area (Å²) >= 11 is 0.